The molecule has 1 saturated heterocycles. The Morgan fingerprint density at radius 3 is 2.31 bits per heavy atom. The summed E-state index contributed by atoms with van der Waals surface area (Å²) in [5.74, 6) is 0.731. The third-order valence-electron chi connectivity index (χ3n) is 4.79. The maximum absolute atomic E-state index is 12.5. The number of para-hydroxylation sites is 3. The predicted octanol–water partition coefficient (Wildman–Crippen LogP) is 2.59. The number of carbonyl (C=O) groups excluding carboxylic acids is 2. The van der Waals surface area contributed by atoms with E-state index < -0.39 is 0 Å². The van der Waals surface area contributed by atoms with E-state index in [1.54, 1.807) is 35.2 Å². The van der Waals surface area contributed by atoms with E-state index in [1.165, 1.54) is 6.07 Å². The van der Waals surface area contributed by atoms with Crippen molar-refractivity contribution in [2.24, 2.45) is 0 Å². The lowest BCUT2D eigenvalue weighted by Gasteiger charge is -2.32. The van der Waals surface area contributed by atoms with Crippen molar-refractivity contribution in [3.8, 4) is 17.2 Å². The summed E-state index contributed by atoms with van der Waals surface area (Å²) in [7, 11) is 0. The number of phenolic OH excluding ortho intramolecular Hbond substituents is 1. The van der Waals surface area contributed by atoms with E-state index in [2.05, 4.69) is 5.32 Å². The molecule has 2 amide bonds. The molecule has 0 saturated carbocycles. The minimum atomic E-state index is -0.207. The van der Waals surface area contributed by atoms with Crippen LogP contribution in [0.25, 0.3) is 0 Å². The highest BCUT2D eigenvalue weighted by atomic mass is 16.5. The third-order valence-corrected chi connectivity index (χ3v) is 4.79. The molecular weight excluding hydrogens is 372 g/mol. The highest BCUT2D eigenvalue weighted by Crippen LogP contribution is 2.26. The SMILES string of the molecule is CCOc1ccccc1OCC(=O)NC1CCN(C(=O)c2ccccc2O)CC1. The van der Waals surface area contributed by atoms with Crippen molar-refractivity contribution in [3.05, 3.63) is 54.1 Å². The van der Waals surface area contributed by atoms with Crippen LogP contribution in [0.5, 0.6) is 17.2 Å². The van der Waals surface area contributed by atoms with Gasteiger partial charge >= 0.3 is 0 Å². The number of nitrogens with one attached hydrogen (secondary N) is 1. The average molecular weight is 398 g/mol. The number of nitrogens with zero attached hydrogens (tertiary/aromatic N) is 1. The summed E-state index contributed by atoms with van der Waals surface area (Å²) in [5.41, 5.74) is 0.302. The fourth-order valence-corrected chi connectivity index (χ4v) is 3.31. The number of hydrogen-bond acceptors (Lipinski definition) is 5. The van der Waals surface area contributed by atoms with Crippen LogP contribution in [-0.4, -0.2) is 54.2 Å². The molecule has 1 aliphatic heterocycles. The Labute approximate surface area is 170 Å². The van der Waals surface area contributed by atoms with Gasteiger partial charge < -0.3 is 24.8 Å². The summed E-state index contributed by atoms with van der Waals surface area (Å²) >= 11 is 0. The van der Waals surface area contributed by atoms with Crippen molar-refractivity contribution in [1.29, 1.82) is 0 Å². The van der Waals surface area contributed by atoms with E-state index in [-0.39, 0.29) is 30.2 Å². The minimum absolute atomic E-state index is 0.0124. The summed E-state index contributed by atoms with van der Waals surface area (Å²) in [4.78, 5) is 26.5. The molecule has 1 aliphatic rings. The summed E-state index contributed by atoms with van der Waals surface area (Å²) in [6.45, 7) is 3.35. The van der Waals surface area contributed by atoms with Crippen LogP contribution in [0.3, 0.4) is 0 Å². The first-order valence-corrected chi connectivity index (χ1v) is 9.79. The molecule has 0 bridgehead atoms. The molecule has 2 aromatic rings. The van der Waals surface area contributed by atoms with E-state index >= 15 is 0 Å². The lowest BCUT2D eigenvalue weighted by molar-refractivity contribution is -0.124. The molecule has 7 heteroatoms. The number of piperidine rings is 1. The van der Waals surface area contributed by atoms with Gasteiger partial charge in [-0.2, -0.15) is 0 Å². The highest BCUT2D eigenvalue weighted by molar-refractivity contribution is 5.96. The Bertz CT molecular complexity index is 847. The van der Waals surface area contributed by atoms with Crippen LogP contribution in [0.1, 0.15) is 30.1 Å². The molecule has 0 unspecified atom stereocenters. The van der Waals surface area contributed by atoms with Gasteiger partial charge in [-0.1, -0.05) is 24.3 Å². The molecule has 1 heterocycles. The van der Waals surface area contributed by atoms with Gasteiger partial charge in [-0.05, 0) is 44.0 Å². The van der Waals surface area contributed by atoms with E-state index in [0.717, 1.165) is 0 Å². The van der Waals surface area contributed by atoms with Crippen LogP contribution < -0.4 is 14.8 Å². The second-order valence-electron chi connectivity index (χ2n) is 6.82. The van der Waals surface area contributed by atoms with Gasteiger partial charge in [0.05, 0.1) is 12.2 Å². The maximum atomic E-state index is 12.5. The molecule has 0 atom stereocenters. The number of aromatic hydroxyl groups is 1. The molecular formula is C22H26N2O5. The number of hydrogen-bond donors (Lipinski definition) is 2. The zero-order valence-corrected chi connectivity index (χ0v) is 16.5. The van der Waals surface area contributed by atoms with Gasteiger partial charge in [0, 0.05) is 19.1 Å². The molecule has 2 aromatic carbocycles. The fraction of sp³-hybridized carbons (Fsp3) is 0.364. The van der Waals surface area contributed by atoms with Gasteiger partial charge in [0.15, 0.2) is 18.1 Å². The van der Waals surface area contributed by atoms with E-state index in [0.29, 0.717) is 49.6 Å². The first-order valence-electron chi connectivity index (χ1n) is 9.79. The molecule has 0 aliphatic carbocycles. The maximum Gasteiger partial charge on any atom is 0.258 e. The Balaban J connectivity index is 1.45. The van der Waals surface area contributed by atoms with Gasteiger partial charge in [-0.15, -0.1) is 0 Å². The Morgan fingerprint density at radius 2 is 1.66 bits per heavy atom. The summed E-state index contributed by atoms with van der Waals surface area (Å²) in [6.07, 6.45) is 1.31. The van der Waals surface area contributed by atoms with Crippen molar-refractivity contribution >= 4 is 11.8 Å². The number of benzene rings is 2. The number of carbonyl (C=O) groups is 2. The molecule has 7 nitrogen and oxygen atoms in total. The van der Waals surface area contributed by atoms with Crippen molar-refractivity contribution in [2.75, 3.05) is 26.3 Å². The van der Waals surface area contributed by atoms with E-state index in [9.17, 15) is 14.7 Å². The van der Waals surface area contributed by atoms with Crippen LogP contribution in [0.2, 0.25) is 0 Å². The van der Waals surface area contributed by atoms with Crippen LogP contribution >= 0.6 is 0 Å². The molecule has 0 spiro atoms. The molecule has 29 heavy (non-hydrogen) atoms. The van der Waals surface area contributed by atoms with E-state index in [1.807, 2.05) is 19.1 Å². The standard InChI is InChI=1S/C22H26N2O5/c1-2-28-19-9-5-6-10-20(19)29-15-21(26)23-16-11-13-24(14-12-16)22(27)17-7-3-4-8-18(17)25/h3-10,16,25H,2,11-15H2,1H3,(H,23,26). The zero-order valence-electron chi connectivity index (χ0n) is 16.5. The lowest BCUT2D eigenvalue weighted by atomic mass is 10.0. The first-order chi connectivity index (χ1) is 14.1. The van der Waals surface area contributed by atoms with Crippen molar-refractivity contribution in [2.45, 2.75) is 25.8 Å². The Morgan fingerprint density at radius 1 is 1.03 bits per heavy atom. The number of amides is 2. The molecule has 1 fully saturated rings. The highest BCUT2D eigenvalue weighted by Gasteiger charge is 2.26. The lowest BCUT2D eigenvalue weighted by Crippen LogP contribution is -2.47. The summed E-state index contributed by atoms with van der Waals surface area (Å²) < 4.78 is 11.1. The predicted molar refractivity (Wildman–Crippen MR) is 108 cm³/mol. The summed E-state index contributed by atoms with van der Waals surface area (Å²) in [6, 6.07) is 13.8. The second-order valence-corrected chi connectivity index (χ2v) is 6.82. The monoisotopic (exact) mass is 398 g/mol. The summed E-state index contributed by atoms with van der Waals surface area (Å²) in [5, 5.41) is 12.8. The molecule has 0 radical (unpaired) electrons. The molecule has 154 valence electrons. The van der Waals surface area contributed by atoms with Crippen molar-refractivity contribution in [3.63, 3.8) is 0 Å². The smallest absolute Gasteiger partial charge is 0.258 e. The number of phenols is 1. The van der Waals surface area contributed by atoms with Gasteiger partial charge in [-0.25, -0.2) is 0 Å². The number of ether oxygens (including phenoxy) is 2. The second kappa shape index (κ2) is 9.82. The normalized spacial score (nSPS) is 14.3. The topological polar surface area (TPSA) is 88.1 Å². The third kappa shape index (κ3) is 5.40. The zero-order chi connectivity index (χ0) is 20.6. The van der Waals surface area contributed by atoms with Crippen LogP contribution in [0.4, 0.5) is 0 Å². The van der Waals surface area contributed by atoms with Gasteiger partial charge in [0.2, 0.25) is 0 Å². The number of likely N-dealkylation sites (tertiary alicyclic amines) is 1. The number of rotatable bonds is 7. The first kappa shape index (κ1) is 20.5. The van der Waals surface area contributed by atoms with Crippen molar-refractivity contribution in [1.82, 2.24) is 10.2 Å². The Kier molecular flexibility index (Phi) is 6.94. The van der Waals surface area contributed by atoms with Gasteiger partial charge in [0.25, 0.3) is 11.8 Å². The quantitative estimate of drug-likeness (QED) is 0.749. The molecule has 2 N–H and O–H groups in total. The van der Waals surface area contributed by atoms with E-state index in [4.69, 9.17) is 9.47 Å². The van der Waals surface area contributed by atoms with Crippen LogP contribution in [-0.2, 0) is 4.79 Å². The average Bonchev–Trinajstić information content (AvgIpc) is 2.74. The van der Waals surface area contributed by atoms with Crippen molar-refractivity contribution < 1.29 is 24.2 Å². The molecule has 3 rings (SSSR count). The van der Waals surface area contributed by atoms with Gasteiger partial charge in [0.1, 0.15) is 5.75 Å². The largest absolute Gasteiger partial charge is 0.507 e. The Hall–Kier alpha value is -3.22. The minimum Gasteiger partial charge on any atom is -0.507 e. The van der Waals surface area contributed by atoms with Crippen LogP contribution in [0.15, 0.2) is 48.5 Å². The fourth-order valence-electron chi connectivity index (χ4n) is 3.31. The molecule has 0 aromatic heterocycles. The van der Waals surface area contributed by atoms with Gasteiger partial charge in [-0.3, -0.25) is 9.59 Å². The van der Waals surface area contributed by atoms with Crippen LogP contribution in [0, 0.1) is 0 Å².